The van der Waals surface area contributed by atoms with Crippen molar-refractivity contribution in [2.45, 2.75) is 39.2 Å². The Bertz CT molecular complexity index is 1210. The summed E-state index contributed by atoms with van der Waals surface area (Å²) in [5.74, 6) is 1.11. The molecule has 1 N–H and O–H groups in total. The molecule has 1 aromatic heterocycles. The number of unbranched alkanes of at least 4 members (excludes halogenated alkanes) is 2. The van der Waals surface area contributed by atoms with E-state index >= 15 is 0 Å². The average molecular weight is 490 g/mol. The Morgan fingerprint density at radius 3 is 2.62 bits per heavy atom. The first-order valence-corrected chi connectivity index (χ1v) is 11.9. The number of nitrogens with zero attached hydrogens (tertiary/aromatic N) is 2. The summed E-state index contributed by atoms with van der Waals surface area (Å²) in [7, 11) is 0. The predicted molar refractivity (Wildman–Crippen MR) is 134 cm³/mol. The Labute approximate surface area is 197 Å². The molecular weight excluding hydrogens is 462 g/mol. The Hall–Kier alpha value is -2.92. The van der Waals surface area contributed by atoms with E-state index in [1.165, 1.54) is 16.6 Å². The van der Waals surface area contributed by atoms with E-state index in [-0.39, 0.29) is 5.91 Å². The second-order valence-electron chi connectivity index (χ2n) is 8.11. The number of rotatable bonds is 9. The fourth-order valence-electron chi connectivity index (χ4n) is 3.97. The van der Waals surface area contributed by atoms with Gasteiger partial charge in [-0.15, -0.1) is 0 Å². The summed E-state index contributed by atoms with van der Waals surface area (Å²) in [4.78, 5) is 17.2. The van der Waals surface area contributed by atoms with Gasteiger partial charge in [0, 0.05) is 29.5 Å². The van der Waals surface area contributed by atoms with Crippen LogP contribution < -0.4 is 5.32 Å². The summed E-state index contributed by atoms with van der Waals surface area (Å²) in [6.45, 7) is 3.69. The van der Waals surface area contributed by atoms with Crippen LogP contribution in [0.15, 0.2) is 77.3 Å². The summed E-state index contributed by atoms with van der Waals surface area (Å²) in [6.07, 6.45) is 3.98. The molecule has 4 rings (SSSR count). The molecule has 0 aliphatic heterocycles. The minimum absolute atomic E-state index is 0.0219. The molecule has 0 saturated carbocycles. The molecule has 0 saturated heterocycles. The number of carbonyl (C=O) groups excluding carboxylic acids is 1. The Morgan fingerprint density at radius 1 is 0.969 bits per heavy atom. The molecule has 164 valence electrons. The zero-order valence-corrected chi connectivity index (χ0v) is 19.9. The number of aryl methyl sites for hydroxylation is 2. The van der Waals surface area contributed by atoms with Gasteiger partial charge in [-0.1, -0.05) is 64.8 Å². The van der Waals surface area contributed by atoms with Crippen LogP contribution in [0.1, 0.15) is 46.6 Å². The minimum Gasteiger partial charge on any atom is -0.352 e. The number of imidazole rings is 1. The minimum atomic E-state index is -0.0219. The monoisotopic (exact) mass is 489 g/mol. The van der Waals surface area contributed by atoms with Crippen molar-refractivity contribution in [2.24, 2.45) is 0 Å². The van der Waals surface area contributed by atoms with Gasteiger partial charge in [0.2, 0.25) is 0 Å². The number of hydrogen-bond acceptors (Lipinski definition) is 2. The van der Waals surface area contributed by atoms with Gasteiger partial charge in [0.1, 0.15) is 5.82 Å². The second kappa shape index (κ2) is 10.6. The molecule has 0 bridgehead atoms. The number of fused-ring (bicyclic) bond motifs is 1. The Kier molecular flexibility index (Phi) is 7.38. The normalized spacial score (nSPS) is 11.1. The molecule has 1 heterocycles. The molecule has 3 aromatic carbocycles. The van der Waals surface area contributed by atoms with Crippen LogP contribution in [0.4, 0.5) is 0 Å². The largest absolute Gasteiger partial charge is 0.352 e. The second-order valence-corrected chi connectivity index (χ2v) is 9.02. The van der Waals surface area contributed by atoms with Gasteiger partial charge in [0.25, 0.3) is 5.91 Å². The Balaban J connectivity index is 1.33. The van der Waals surface area contributed by atoms with E-state index in [1.54, 1.807) is 0 Å². The van der Waals surface area contributed by atoms with E-state index in [0.717, 1.165) is 48.0 Å². The van der Waals surface area contributed by atoms with E-state index in [1.807, 2.05) is 30.3 Å². The fraction of sp³-hybridized carbons (Fsp3) is 0.259. The zero-order chi connectivity index (χ0) is 22.3. The molecule has 0 fully saturated rings. The third-order valence-corrected chi connectivity index (χ3v) is 6.27. The topological polar surface area (TPSA) is 46.9 Å². The predicted octanol–water partition coefficient (Wildman–Crippen LogP) is 6.30. The summed E-state index contributed by atoms with van der Waals surface area (Å²) < 4.78 is 3.27. The van der Waals surface area contributed by atoms with Crippen molar-refractivity contribution < 1.29 is 4.79 Å². The smallest absolute Gasteiger partial charge is 0.251 e. The average Bonchev–Trinajstić information content (AvgIpc) is 3.14. The summed E-state index contributed by atoms with van der Waals surface area (Å²) in [5.41, 5.74) is 5.55. The maximum atomic E-state index is 12.3. The molecule has 0 aliphatic carbocycles. The SMILES string of the molecule is Cc1ccccc1Cn1c(CCCCCNC(=O)c2cccc(Br)c2)nc2ccccc21. The van der Waals surface area contributed by atoms with Gasteiger partial charge < -0.3 is 9.88 Å². The van der Waals surface area contributed by atoms with Gasteiger partial charge in [0.05, 0.1) is 11.0 Å². The van der Waals surface area contributed by atoms with Crippen molar-refractivity contribution in [3.05, 3.63) is 99.8 Å². The van der Waals surface area contributed by atoms with Crippen LogP contribution in [0.3, 0.4) is 0 Å². The van der Waals surface area contributed by atoms with Gasteiger partial charge in [-0.05, 0) is 61.2 Å². The van der Waals surface area contributed by atoms with Crippen molar-refractivity contribution in [3.63, 3.8) is 0 Å². The summed E-state index contributed by atoms with van der Waals surface area (Å²) in [6, 6.07) is 24.4. The molecular formula is C27H28BrN3O. The van der Waals surface area contributed by atoms with Crippen molar-refractivity contribution in [1.82, 2.24) is 14.9 Å². The molecule has 0 aliphatic rings. The van der Waals surface area contributed by atoms with Crippen LogP contribution in [-0.4, -0.2) is 22.0 Å². The lowest BCUT2D eigenvalue weighted by Crippen LogP contribution is -2.24. The third-order valence-electron chi connectivity index (χ3n) is 5.77. The van der Waals surface area contributed by atoms with Crippen molar-refractivity contribution in [1.29, 1.82) is 0 Å². The third kappa shape index (κ3) is 5.46. The number of hydrogen-bond donors (Lipinski definition) is 1. The van der Waals surface area contributed by atoms with E-state index in [4.69, 9.17) is 4.98 Å². The van der Waals surface area contributed by atoms with Crippen LogP contribution in [0.2, 0.25) is 0 Å². The number of carbonyl (C=O) groups is 1. The van der Waals surface area contributed by atoms with Crippen molar-refractivity contribution >= 4 is 32.9 Å². The number of amides is 1. The first kappa shape index (κ1) is 22.3. The lowest BCUT2D eigenvalue weighted by molar-refractivity contribution is 0.0953. The molecule has 0 atom stereocenters. The number of benzene rings is 3. The quantitative estimate of drug-likeness (QED) is 0.280. The van der Waals surface area contributed by atoms with Crippen LogP contribution in [0.25, 0.3) is 11.0 Å². The van der Waals surface area contributed by atoms with Gasteiger partial charge >= 0.3 is 0 Å². The fourth-order valence-corrected chi connectivity index (χ4v) is 4.37. The molecule has 32 heavy (non-hydrogen) atoms. The highest BCUT2D eigenvalue weighted by Gasteiger charge is 2.12. The maximum absolute atomic E-state index is 12.3. The molecule has 0 spiro atoms. The molecule has 0 radical (unpaired) electrons. The highest BCUT2D eigenvalue weighted by Crippen LogP contribution is 2.21. The first-order chi connectivity index (χ1) is 15.6. The molecule has 4 nitrogen and oxygen atoms in total. The van der Waals surface area contributed by atoms with Gasteiger partial charge in [0.15, 0.2) is 0 Å². The standard InChI is InChI=1S/C27H28BrN3O/c1-20-10-4-5-11-22(20)19-31-25-15-7-6-14-24(25)30-26(31)16-3-2-8-17-29-27(32)21-12-9-13-23(28)18-21/h4-7,9-15,18H,2-3,8,16-17,19H2,1H3,(H,29,32). The van der Waals surface area contributed by atoms with E-state index in [0.29, 0.717) is 12.1 Å². The number of nitrogens with one attached hydrogen (secondary N) is 1. The van der Waals surface area contributed by atoms with Crippen LogP contribution in [0.5, 0.6) is 0 Å². The lowest BCUT2D eigenvalue weighted by atomic mass is 10.1. The van der Waals surface area contributed by atoms with E-state index < -0.39 is 0 Å². The van der Waals surface area contributed by atoms with E-state index in [9.17, 15) is 4.79 Å². The van der Waals surface area contributed by atoms with Crippen molar-refractivity contribution in [3.8, 4) is 0 Å². The molecule has 5 heteroatoms. The summed E-state index contributed by atoms with van der Waals surface area (Å²) >= 11 is 3.41. The molecule has 4 aromatic rings. The van der Waals surface area contributed by atoms with Gasteiger partial charge in [-0.25, -0.2) is 4.98 Å². The maximum Gasteiger partial charge on any atom is 0.251 e. The molecule has 1 amide bonds. The van der Waals surface area contributed by atoms with E-state index in [2.05, 4.69) is 75.2 Å². The summed E-state index contributed by atoms with van der Waals surface area (Å²) in [5, 5.41) is 3.02. The number of aromatic nitrogens is 2. The zero-order valence-electron chi connectivity index (χ0n) is 18.4. The van der Waals surface area contributed by atoms with Crippen LogP contribution in [0, 0.1) is 6.92 Å². The van der Waals surface area contributed by atoms with Crippen molar-refractivity contribution in [2.75, 3.05) is 6.54 Å². The highest BCUT2D eigenvalue weighted by atomic mass is 79.9. The Morgan fingerprint density at radius 2 is 1.78 bits per heavy atom. The first-order valence-electron chi connectivity index (χ1n) is 11.1. The van der Waals surface area contributed by atoms with Crippen LogP contribution in [-0.2, 0) is 13.0 Å². The number of para-hydroxylation sites is 2. The van der Waals surface area contributed by atoms with Gasteiger partial charge in [-0.3, -0.25) is 4.79 Å². The van der Waals surface area contributed by atoms with Crippen LogP contribution >= 0.6 is 15.9 Å². The molecule has 0 unspecified atom stereocenters. The highest BCUT2D eigenvalue weighted by molar-refractivity contribution is 9.10. The van der Waals surface area contributed by atoms with Gasteiger partial charge in [-0.2, -0.15) is 0 Å². The lowest BCUT2D eigenvalue weighted by Gasteiger charge is -2.12. The number of halogens is 1.